The fourth-order valence-electron chi connectivity index (χ4n) is 2.81. The number of aromatic nitrogens is 3. The Bertz CT molecular complexity index is 1210. The lowest BCUT2D eigenvalue weighted by molar-refractivity contribution is 0.0990. The van der Waals surface area contributed by atoms with Gasteiger partial charge in [0.25, 0.3) is 0 Å². The Hall–Kier alpha value is -3.46. The van der Waals surface area contributed by atoms with Crippen molar-refractivity contribution in [3.8, 4) is 22.9 Å². The first kappa shape index (κ1) is 17.9. The van der Waals surface area contributed by atoms with Crippen LogP contribution in [0.3, 0.4) is 0 Å². The van der Waals surface area contributed by atoms with Gasteiger partial charge in [0, 0.05) is 15.4 Å². The lowest BCUT2D eigenvalue weighted by Gasteiger charge is -2.04. The molecule has 0 radical (unpaired) electrons. The quantitative estimate of drug-likeness (QED) is 0.389. The van der Waals surface area contributed by atoms with Crippen molar-refractivity contribution in [3.63, 3.8) is 0 Å². The number of methoxy groups -OCH3 is 1. The average molecular weight is 440 g/mol. The number of aromatic hydroxyl groups is 1. The van der Waals surface area contributed by atoms with Crippen LogP contribution in [0.1, 0.15) is 10.5 Å². The predicted molar refractivity (Wildman–Crippen MR) is 107 cm³/mol. The Morgan fingerprint density at radius 1 is 1.21 bits per heavy atom. The van der Waals surface area contributed by atoms with Gasteiger partial charge in [-0.05, 0) is 36.4 Å². The maximum Gasteiger partial charge on any atom is 0.313 e. The van der Waals surface area contributed by atoms with Gasteiger partial charge in [-0.1, -0.05) is 28.1 Å². The van der Waals surface area contributed by atoms with E-state index >= 15 is 0 Å². The normalized spacial score (nSPS) is 11.4. The summed E-state index contributed by atoms with van der Waals surface area (Å²) in [4.78, 5) is 15.2. The number of para-hydroxylation sites is 1. The molecule has 2 aromatic carbocycles. The number of nitrogens with one attached hydrogen (secondary N) is 2. The van der Waals surface area contributed by atoms with Gasteiger partial charge in [0.2, 0.25) is 5.88 Å². The van der Waals surface area contributed by atoms with Crippen LogP contribution in [0, 0.1) is 0 Å². The van der Waals surface area contributed by atoms with Gasteiger partial charge in [-0.3, -0.25) is 9.89 Å². The molecular formula is C19H14BrN5O3. The maximum absolute atomic E-state index is 12.4. The molecule has 0 aliphatic rings. The van der Waals surface area contributed by atoms with E-state index in [1.165, 1.54) is 0 Å². The third-order valence-corrected chi connectivity index (χ3v) is 4.64. The van der Waals surface area contributed by atoms with E-state index in [0.717, 1.165) is 10.0 Å². The molecule has 28 heavy (non-hydrogen) atoms. The summed E-state index contributed by atoms with van der Waals surface area (Å²) >= 11 is 3.37. The minimum atomic E-state index is -0.614. The topological polar surface area (TPSA) is 116 Å². The number of fused-ring (bicyclic) bond motifs is 1. The van der Waals surface area contributed by atoms with Crippen molar-refractivity contribution < 1.29 is 14.6 Å². The number of ether oxygens (including phenoxy) is 1. The van der Waals surface area contributed by atoms with Crippen LogP contribution in [-0.4, -0.2) is 33.3 Å². The average Bonchev–Trinajstić information content (AvgIpc) is 3.30. The molecule has 0 unspecified atom stereocenters. The van der Waals surface area contributed by atoms with Crippen LogP contribution in [0.4, 0.5) is 5.69 Å². The smallest absolute Gasteiger partial charge is 0.313 e. The number of carbonyl (C=O) groups is 1. The van der Waals surface area contributed by atoms with E-state index in [2.05, 4.69) is 41.3 Å². The highest BCUT2D eigenvalue weighted by atomic mass is 79.9. The number of amides is 1. The number of hydrogen-bond donors (Lipinski definition) is 3. The van der Waals surface area contributed by atoms with Gasteiger partial charge in [0.1, 0.15) is 11.4 Å². The number of halogens is 1. The Morgan fingerprint density at radius 3 is 2.86 bits per heavy atom. The molecule has 0 atom stereocenters. The number of rotatable bonds is 4. The van der Waals surface area contributed by atoms with Crippen molar-refractivity contribution in [1.82, 2.24) is 15.2 Å². The summed E-state index contributed by atoms with van der Waals surface area (Å²) in [6, 6.07) is 14.3. The van der Waals surface area contributed by atoms with Crippen molar-refractivity contribution in [2.75, 3.05) is 7.11 Å². The zero-order valence-corrected chi connectivity index (χ0v) is 16.2. The van der Waals surface area contributed by atoms with Crippen LogP contribution < -0.4 is 4.74 Å². The summed E-state index contributed by atoms with van der Waals surface area (Å²) in [5, 5.41) is 25.1. The van der Waals surface area contributed by atoms with Crippen LogP contribution in [0.5, 0.6) is 11.6 Å². The molecule has 0 fully saturated rings. The van der Waals surface area contributed by atoms with Crippen molar-refractivity contribution in [2.45, 2.75) is 0 Å². The molecule has 1 amide bonds. The summed E-state index contributed by atoms with van der Waals surface area (Å²) in [6.45, 7) is 0. The van der Waals surface area contributed by atoms with Gasteiger partial charge in [0.15, 0.2) is 5.69 Å². The van der Waals surface area contributed by atoms with E-state index in [1.807, 2.05) is 30.3 Å². The molecule has 0 aliphatic carbocycles. The fraction of sp³-hybridized carbons (Fsp3) is 0.0526. The fourth-order valence-corrected chi connectivity index (χ4v) is 3.17. The molecular weight excluding hydrogens is 426 g/mol. The predicted octanol–water partition coefficient (Wildman–Crippen LogP) is 4.96. The van der Waals surface area contributed by atoms with E-state index in [1.54, 1.807) is 25.3 Å². The molecule has 140 valence electrons. The second kappa shape index (κ2) is 7.28. The molecule has 3 N–H and O–H groups in total. The third kappa shape index (κ3) is 3.27. The van der Waals surface area contributed by atoms with E-state index < -0.39 is 5.91 Å². The highest BCUT2D eigenvalue weighted by Gasteiger charge is 2.15. The van der Waals surface area contributed by atoms with E-state index in [4.69, 9.17) is 4.74 Å². The van der Waals surface area contributed by atoms with Gasteiger partial charge < -0.3 is 14.8 Å². The monoisotopic (exact) mass is 439 g/mol. The highest BCUT2D eigenvalue weighted by molar-refractivity contribution is 9.10. The largest absolute Gasteiger partial charge is 0.496 e. The molecule has 0 aliphatic heterocycles. The molecule has 0 saturated heterocycles. The van der Waals surface area contributed by atoms with Crippen molar-refractivity contribution in [3.05, 3.63) is 58.7 Å². The van der Waals surface area contributed by atoms with Crippen molar-refractivity contribution in [2.24, 2.45) is 10.2 Å². The van der Waals surface area contributed by atoms with Crippen molar-refractivity contribution >= 4 is 38.4 Å². The Labute approximate surface area is 167 Å². The summed E-state index contributed by atoms with van der Waals surface area (Å²) in [7, 11) is 1.57. The first-order chi connectivity index (χ1) is 13.6. The van der Waals surface area contributed by atoms with Gasteiger partial charge in [-0.25, -0.2) is 0 Å². The summed E-state index contributed by atoms with van der Waals surface area (Å²) in [6.07, 6.45) is 0. The highest BCUT2D eigenvalue weighted by Crippen LogP contribution is 2.37. The molecule has 0 bridgehead atoms. The summed E-state index contributed by atoms with van der Waals surface area (Å²) in [5.41, 5.74) is 2.34. The van der Waals surface area contributed by atoms with Gasteiger partial charge in [-0.2, -0.15) is 5.10 Å². The zero-order valence-electron chi connectivity index (χ0n) is 14.6. The Kier molecular flexibility index (Phi) is 4.66. The molecule has 9 heteroatoms. The second-order valence-electron chi connectivity index (χ2n) is 5.88. The van der Waals surface area contributed by atoms with Gasteiger partial charge in [0.05, 0.1) is 18.3 Å². The summed E-state index contributed by atoms with van der Waals surface area (Å²) in [5.74, 6) is -0.134. The molecule has 2 heterocycles. The van der Waals surface area contributed by atoms with Crippen LogP contribution in [0.2, 0.25) is 0 Å². The molecule has 2 aromatic heterocycles. The maximum atomic E-state index is 12.4. The number of hydrogen-bond acceptors (Lipinski definition) is 5. The standard InChI is InChI=1S/C19H14BrN5O3/c1-28-16-5-3-2-4-11(16)14-9-15(23-22-14)18(26)25-24-17-12-8-10(20)6-7-13(12)21-19(17)27/h2-9,21,27H,1H3,(H,22,23). The van der Waals surface area contributed by atoms with Crippen LogP contribution in [0.15, 0.2) is 63.2 Å². The van der Waals surface area contributed by atoms with E-state index in [-0.39, 0.29) is 17.3 Å². The minimum absolute atomic E-state index is 0.163. The minimum Gasteiger partial charge on any atom is -0.496 e. The second-order valence-corrected chi connectivity index (χ2v) is 6.80. The first-order valence-corrected chi connectivity index (χ1v) is 9.01. The van der Waals surface area contributed by atoms with E-state index in [0.29, 0.717) is 22.3 Å². The van der Waals surface area contributed by atoms with Crippen LogP contribution >= 0.6 is 15.9 Å². The number of benzene rings is 2. The van der Waals surface area contributed by atoms with Crippen molar-refractivity contribution in [1.29, 1.82) is 0 Å². The zero-order chi connectivity index (χ0) is 19.7. The first-order valence-electron chi connectivity index (χ1n) is 8.22. The van der Waals surface area contributed by atoms with E-state index in [9.17, 15) is 9.90 Å². The van der Waals surface area contributed by atoms with Gasteiger partial charge in [-0.15, -0.1) is 10.2 Å². The van der Waals surface area contributed by atoms with Crippen LogP contribution in [-0.2, 0) is 0 Å². The number of azo groups is 1. The van der Waals surface area contributed by atoms with Gasteiger partial charge >= 0.3 is 5.91 Å². The Morgan fingerprint density at radius 2 is 2.04 bits per heavy atom. The Balaban J connectivity index is 1.62. The number of aromatic amines is 2. The molecule has 0 saturated carbocycles. The summed E-state index contributed by atoms with van der Waals surface area (Å²) < 4.78 is 6.13. The SMILES string of the molecule is COc1ccccc1-c1cc(C(=O)N=Nc2c(O)[nH]c3ccc(Br)cc23)[nH]n1. The van der Waals surface area contributed by atoms with Crippen LogP contribution in [0.25, 0.3) is 22.2 Å². The number of H-pyrrole nitrogens is 2. The third-order valence-electron chi connectivity index (χ3n) is 4.15. The molecule has 8 nitrogen and oxygen atoms in total. The molecule has 4 aromatic rings. The lowest BCUT2D eigenvalue weighted by atomic mass is 10.1. The number of nitrogens with zero attached hydrogens (tertiary/aromatic N) is 3. The molecule has 0 spiro atoms. The lowest BCUT2D eigenvalue weighted by Crippen LogP contribution is -1.93. The molecule has 4 rings (SSSR count). The number of carbonyl (C=O) groups excluding carboxylic acids is 1.